The summed E-state index contributed by atoms with van der Waals surface area (Å²) in [7, 11) is 1.93. The summed E-state index contributed by atoms with van der Waals surface area (Å²) >= 11 is 0. The van der Waals surface area contributed by atoms with Crippen molar-refractivity contribution in [2.45, 2.75) is 13.8 Å². The van der Waals surface area contributed by atoms with Gasteiger partial charge in [-0.25, -0.2) is 9.78 Å². The van der Waals surface area contributed by atoms with Crippen LogP contribution in [0, 0.1) is 6.92 Å². The van der Waals surface area contributed by atoms with E-state index in [0.29, 0.717) is 23.9 Å². The van der Waals surface area contributed by atoms with Gasteiger partial charge in [-0.3, -0.25) is 0 Å². The molecule has 0 unspecified atom stereocenters. The molecule has 1 aromatic heterocycles. The molecule has 6 heteroatoms. The Kier molecular flexibility index (Phi) is 5.66. The number of carbonyl (C=O) groups is 1. The minimum atomic E-state index is -0.325. The molecule has 0 radical (unpaired) electrons. The molecule has 0 saturated heterocycles. The lowest BCUT2D eigenvalue weighted by Crippen LogP contribution is -2.14. The number of rotatable bonds is 6. The van der Waals surface area contributed by atoms with Crippen molar-refractivity contribution in [3.05, 3.63) is 71.9 Å². The number of carbonyl (C=O) groups excluding carboxylic acids is 1. The van der Waals surface area contributed by atoms with Gasteiger partial charge in [0.15, 0.2) is 0 Å². The second-order valence-corrected chi connectivity index (χ2v) is 6.01. The summed E-state index contributed by atoms with van der Waals surface area (Å²) < 4.78 is 5.00. The average Bonchev–Trinajstić information content (AvgIpc) is 2.68. The first-order valence-electron chi connectivity index (χ1n) is 8.75. The van der Waals surface area contributed by atoms with E-state index in [9.17, 15) is 4.79 Å². The lowest BCUT2D eigenvalue weighted by molar-refractivity contribution is 0.0526. The fraction of sp³-hybridized carbons (Fsp3) is 0.190. The van der Waals surface area contributed by atoms with Crippen molar-refractivity contribution in [3.63, 3.8) is 0 Å². The van der Waals surface area contributed by atoms with Crippen LogP contribution >= 0.6 is 0 Å². The highest BCUT2D eigenvalue weighted by atomic mass is 16.5. The molecule has 0 aliphatic carbocycles. The van der Waals surface area contributed by atoms with Crippen LogP contribution in [-0.4, -0.2) is 29.6 Å². The normalized spacial score (nSPS) is 10.3. The Morgan fingerprint density at radius 3 is 2.44 bits per heavy atom. The van der Waals surface area contributed by atoms with Gasteiger partial charge in [-0.15, -0.1) is 0 Å². The Hall–Kier alpha value is -3.41. The highest BCUT2D eigenvalue weighted by Gasteiger charge is 2.10. The zero-order valence-electron chi connectivity index (χ0n) is 15.6. The molecular formula is C21H22N4O2. The fourth-order valence-electron chi connectivity index (χ4n) is 2.59. The molecule has 0 aliphatic heterocycles. The molecule has 6 nitrogen and oxygen atoms in total. The van der Waals surface area contributed by atoms with E-state index >= 15 is 0 Å². The molecule has 2 aromatic carbocycles. The van der Waals surface area contributed by atoms with E-state index in [1.165, 1.54) is 0 Å². The number of aromatic nitrogens is 2. The summed E-state index contributed by atoms with van der Waals surface area (Å²) in [5, 5.41) is 3.26. The molecule has 0 atom stereocenters. The maximum Gasteiger partial charge on any atom is 0.338 e. The number of para-hydroxylation sites is 1. The zero-order chi connectivity index (χ0) is 19.2. The number of aryl methyl sites for hydroxylation is 1. The van der Waals surface area contributed by atoms with E-state index in [-0.39, 0.29) is 5.97 Å². The van der Waals surface area contributed by atoms with Crippen LogP contribution in [0.1, 0.15) is 23.0 Å². The van der Waals surface area contributed by atoms with Gasteiger partial charge in [0.2, 0.25) is 5.95 Å². The van der Waals surface area contributed by atoms with Gasteiger partial charge in [0.25, 0.3) is 0 Å². The summed E-state index contributed by atoms with van der Waals surface area (Å²) in [6.07, 6.45) is 0. The molecular weight excluding hydrogens is 340 g/mol. The maximum atomic E-state index is 11.7. The van der Waals surface area contributed by atoms with Gasteiger partial charge in [0.1, 0.15) is 5.82 Å². The predicted molar refractivity (Wildman–Crippen MR) is 107 cm³/mol. The summed E-state index contributed by atoms with van der Waals surface area (Å²) in [4.78, 5) is 22.8. The van der Waals surface area contributed by atoms with Crippen molar-refractivity contribution < 1.29 is 9.53 Å². The summed E-state index contributed by atoms with van der Waals surface area (Å²) in [6.45, 7) is 4.07. The Balaban J connectivity index is 1.79. The molecule has 0 fully saturated rings. The van der Waals surface area contributed by atoms with E-state index in [2.05, 4.69) is 15.3 Å². The van der Waals surface area contributed by atoms with Gasteiger partial charge in [0.05, 0.1) is 12.2 Å². The van der Waals surface area contributed by atoms with Gasteiger partial charge < -0.3 is 15.0 Å². The summed E-state index contributed by atoms with van der Waals surface area (Å²) in [5.74, 6) is 0.963. The first kappa shape index (κ1) is 18.4. The van der Waals surface area contributed by atoms with E-state index in [0.717, 1.165) is 17.1 Å². The standard InChI is InChI=1S/C21H22N4O2/c1-4-27-20(26)16-10-12-17(13-11-16)23-19-14-15(2)22-21(24-19)25(3)18-8-6-5-7-9-18/h5-14H,4H2,1-3H3,(H,22,23,24). The third-order valence-electron chi connectivity index (χ3n) is 3.95. The number of hydrogen-bond donors (Lipinski definition) is 1. The monoisotopic (exact) mass is 362 g/mol. The van der Waals surface area contributed by atoms with Gasteiger partial charge in [0, 0.05) is 30.2 Å². The highest BCUT2D eigenvalue weighted by molar-refractivity contribution is 5.89. The van der Waals surface area contributed by atoms with E-state index in [4.69, 9.17) is 4.74 Å². The van der Waals surface area contributed by atoms with Gasteiger partial charge >= 0.3 is 5.97 Å². The number of nitrogens with zero attached hydrogens (tertiary/aromatic N) is 3. The Morgan fingerprint density at radius 1 is 1.07 bits per heavy atom. The van der Waals surface area contributed by atoms with E-state index in [1.54, 1.807) is 19.1 Å². The van der Waals surface area contributed by atoms with Gasteiger partial charge in [-0.1, -0.05) is 18.2 Å². The van der Waals surface area contributed by atoms with Crippen LogP contribution in [0.3, 0.4) is 0 Å². The minimum absolute atomic E-state index is 0.325. The van der Waals surface area contributed by atoms with Crippen molar-refractivity contribution in [2.75, 3.05) is 23.9 Å². The lowest BCUT2D eigenvalue weighted by Gasteiger charge is -2.18. The smallest absolute Gasteiger partial charge is 0.338 e. The van der Waals surface area contributed by atoms with Crippen molar-refractivity contribution in [1.29, 1.82) is 0 Å². The third kappa shape index (κ3) is 4.61. The SMILES string of the molecule is CCOC(=O)c1ccc(Nc2cc(C)nc(N(C)c3ccccc3)n2)cc1. The summed E-state index contributed by atoms with van der Waals surface area (Å²) in [6, 6.07) is 18.9. The van der Waals surface area contributed by atoms with Crippen molar-refractivity contribution in [1.82, 2.24) is 9.97 Å². The molecule has 0 bridgehead atoms. The van der Waals surface area contributed by atoms with Crippen LogP contribution in [-0.2, 0) is 4.74 Å². The average molecular weight is 362 g/mol. The van der Waals surface area contributed by atoms with Crippen LogP contribution in [0.15, 0.2) is 60.7 Å². The van der Waals surface area contributed by atoms with E-state index in [1.807, 2.05) is 67.4 Å². The number of anilines is 4. The molecule has 3 aromatic rings. The van der Waals surface area contributed by atoms with Crippen LogP contribution in [0.5, 0.6) is 0 Å². The third-order valence-corrected chi connectivity index (χ3v) is 3.95. The van der Waals surface area contributed by atoms with Gasteiger partial charge in [-0.05, 0) is 50.2 Å². The Bertz CT molecular complexity index is 911. The summed E-state index contributed by atoms with van der Waals surface area (Å²) in [5.41, 5.74) is 3.21. The molecule has 0 aliphatic rings. The molecule has 0 saturated carbocycles. The lowest BCUT2D eigenvalue weighted by atomic mass is 10.2. The molecule has 1 heterocycles. The number of esters is 1. The maximum absolute atomic E-state index is 11.7. The predicted octanol–water partition coefficient (Wildman–Crippen LogP) is 4.47. The van der Waals surface area contributed by atoms with Crippen molar-refractivity contribution in [3.8, 4) is 0 Å². The molecule has 0 spiro atoms. The number of nitrogens with one attached hydrogen (secondary N) is 1. The quantitative estimate of drug-likeness (QED) is 0.653. The molecule has 1 N–H and O–H groups in total. The fourth-order valence-corrected chi connectivity index (χ4v) is 2.59. The Labute approximate surface area is 158 Å². The Morgan fingerprint density at radius 2 is 1.78 bits per heavy atom. The number of hydrogen-bond acceptors (Lipinski definition) is 6. The largest absolute Gasteiger partial charge is 0.462 e. The molecule has 27 heavy (non-hydrogen) atoms. The molecule has 0 amide bonds. The zero-order valence-corrected chi connectivity index (χ0v) is 15.6. The minimum Gasteiger partial charge on any atom is -0.462 e. The topological polar surface area (TPSA) is 67.3 Å². The van der Waals surface area contributed by atoms with Gasteiger partial charge in [-0.2, -0.15) is 4.98 Å². The van der Waals surface area contributed by atoms with Crippen LogP contribution in [0.4, 0.5) is 23.1 Å². The van der Waals surface area contributed by atoms with Crippen LogP contribution in [0.2, 0.25) is 0 Å². The van der Waals surface area contributed by atoms with E-state index < -0.39 is 0 Å². The molecule has 138 valence electrons. The highest BCUT2D eigenvalue weighted by Crippen LogP contribution is 2.23. The second-order valence-electron chi connectivity index (χ2n) is 6.01. The number of benzene rings is 2. The second kappa shape index (κ2) is 8.31. The van der Waals surface area contributed by atoms with Crippen molar-refractivity contribution >= 4 is 29.1 Å². The first-order valence-corrected chi connectivity index (χ1v) is 8.75. The van der Waals surface area contributed by atoms with Crippen LogP contribution < -0.4 is 10.2 Å². The van der Waals surface area contributed by atoms with Crippen molar-refractivity contribution in [2.24, 2.45) is 0 Å². The number of ether oxygens (including phenoxy) is 1. The molecule has 3 rings (SSSR count). The first-order chi connectivity index (χ1) is 13.1. The van der Waals surface area contributed by atoms with Crippen LogP contribution in [0.25, 0.3) is 0 Å².